The van der Waals surface area contributed by atoms with E-state index in [-0.39, 0.29) is 0 Å². The number of benzene rings is 1. The SMILES string of the molecule is BrCC1CCCCCN1CC1Cc2ccccc2S1. The van der Waals surface area contributed by atoms with Crippen LogP contribution in [0.15, 0.2) is 29.2 Å². The minimum Gasteiger partial charge on any atom is -0.298 e. The lowest BCUT2D eigenvalue weighted by molar-refractivity contribution is 0.219. The lowest BCUT2D eigenvalue weighted by atomic mass is 10.1. The summed E-state index contributed by atoms with van der Waals surface area (Å²) in [7, 11) is 0. The Hall–Kier alpha value is 0.01000. The molecule has 0 bridgehead atoms. The monoisotopic (exact) mass is 339 g/mol. The zero-order valence-corrected chi connectivity index (χ0v) is 13.8. The van der Waals surface area contributed by atoms with Crippen LogP contribution in [0.3, 0.4) is 0 Å². The molecule has 1 aromatic carbocycles. The molecular formula is C16H22BrNS. The molecule has 3 rings (SSSR count). The van der Waals surface area contributed by atoms with Gasteiger partial charge in [0.15, 0.2) is 0 Å². The molecule has 1 saturated heterocycles. The minimum absolute atomic E-state index is 0.756. The highest BCUT2D eigenvalue weighted by atomic mass is 79.9. The van der Waals surface area contributed by atoms with Crippen LogP contribution in [0.1, 0.15) is 31.2 Å². The van der Waals surface area contributed by atoms with E-state index >= 15 is 0 Å². The van der Waals surface area contributed by atoms with Crippen LogP contribution in [-0.2, 0) is 6.42 Å². The van der Waals surface area contributed by atoms with Crippen LogP contribution in [0.4, 0.5) is 0 Å². The van der Waals surface area contributed by atoms with Gasteiger partial charge < -0.3 is 0 Å². The molecule has 0 aliphatic carbocycles. The van der Waals surface area contributed by atoms with Gasteiger partial charge in [0.1, 0.15) is 0 Å². The third kappa shape index (κ3) is 3.37. The quantitative estimate of drug-likeness (QED) is 0.753. The first kappa shape index (κ1) is 14.0. The Morgan fingerprint density at radius 3 is 2.95 bits per heavy atom. The lowest BCUT2D eigenvalue weighted by Crippen LogP contribution is -2.40. The summed E-state index contributed by atoms with van der Waals surface area (Å²) in [6.07, 6.45) is 6.83. The van der Waals surface area contributed by atoms with Crippen LogP contribution in [0.2, 0.25) is 0 Å². The topological polar surface area (TPSA) is 3.24 Å². The van der Waals surface area contributed by atoms with Gasteiger partial charge in [-0.1, -0.05) is 47.0 Å². The molecule has 0 saturated carbocycles. The molecule has 1 fully saturated rings. The van der Waals surface area contributed by atoms with Gasteiger partial charge in [-0.2, -0.15) is 0 Å². The van der Waals surface area contributed by atoms with Gasteiger partial charge in [0.25, 0.3) is 0 Å². The van der Waals surface area contributed by atoms with Crippen LogP contribution in [-0.4, -0.2) is 34.6 Å². The van der Waals surface area contributed by atoms with Crippen molar-refractivity contribution in [1.29, 1.82) is 0 Å². The third-order valence-corrected chi connectivity index (χ3v) is 6.38. The average molecular weight is 340 g/mol. The summed E-state index contributed by atoms with van der Waals surface area (Å²) in [5, 5.41) is 1.90. The van der Waals surface area contributed by atoms with Gasteiger partial charge in [0, 0.05) is 28.1 Å². The fourth-order valence-corrected chi connectivity index (χ4v) is 5.35. The van der Waals surface area contributed by atoms with Crippen molar-refractivity contribution in [3.05, 3.63) is 29.8 Å². The molecule has 0 aromatic heterocycles. The first-order valence-corrected chi connectivity index (χ1v) is 9.41. The van der Waals surface area contributed by atoms with Gasteiger partial charge in [-0.05, 0) is 37.4 Å². The molecule has 19 heavy (non-hydrogen) atoms. The number of halogens is 1. The van der Waals surface area contributed by atoms with E-state index in [2.05, 4.69) is 56.9 Å². The molecule has 2 atom stereocenters. The smallest absolute Gasteiger partial charge is 0.0263 e. The Labute approximate surface area is 129 Å². The standard InChI is InChI=1S/C16H22BrNS/c17-11-14-7-2-1-5-9-18(14)12-15-10-13-6-3-4-8-16(13)19-15/h3-4,6,8,14-15H,1-2,5,7,9-12H2. The Kier molecular flexibility index (Phi) is 4.88. The molecule has 0 spiro atoms. The fraction of sp³-hybridized carbons (Fsp3) is 0.625. The Morgan fingerprint density at radius 2 is 2.11 bits per heavy atom. The third-order valence-electron chi connectivity index (χ3n) is 4.33. The normalized spacial score (nSPS) is 28.1. The number of alkyl halides is 1. The molecule has 0 N–H and O–H groups in total. The number of nitrogens with zero attached hydrogens (tertiary/aromatic N) is 1. The predicted octanol–water partition coefficient (Wildman–Crippen LogP) is 4.34. The van der Waals surface area contributed by atoms with Gasteiger partial charge in [-0.25, -0.2) is 0 Å². The van der Waals surface area contributed by atoms with Gasteiger partial charge in [0.05, 0.1) is 0 Å². The Balaban J connectivity index is 1.62. The van der Waals surface area contributed by atoms with E-state index in [0.29, 0.717) is 0 Å². The number of likely N-dealkylation sites (tertiary alicyclic amines) is 1. The summed E-state index contributed by atoms with van der Waals surface area (Å²) >= 11 is 5.81. The van der Waals surface area contributed by atoms with Crippen molar-refractivity contribution in [2.45, 2.75) is 48.3 Å². The molecule has 2 heterocycles. The first-order chi connectivity index (χ1) is 9.36. The molecule has 2 aliphatic rings. The van der Waals surface area contributed by atoms with E-state index in [1.54, 1.807) is 5.56 Å². The maximum absolute atomic E-state index is 3.72. The molecule has 3 heteroatoms. The predicted molar refractivity (Wildman–Crippen MR) is 87.4 cm³/mol. The summed E-state index contributed by atoms with van der Waals surface area (Å²) in [6.45, 7) is 2.55. The van der Waals surface area contributed by atoms with Crippen LogP contribution in [0, 0.1) is 0 Å². The molecule has 0 amide bonds. The van der Waals surface area contributed by atoms with Crippen molar-refractivity contribution in [1.82, 2.24) is 4.90 Å². The Morgan fingerprint density at radius 1 is 1.21 bits per heavy atom. The highest BCUT2D eigenvalue weighted by Gasteiger charge is 2.27. The maximum atomic E-state index is 3.72. The highest BCUT2D eigenvalue weighted by Crippen LogP contribution is 2.37. The minimum atomic E-state index is 0.756. The van der Waals surface area contributed by atoms with Gasteiger partial charge in [0.2, 0.25) is 0 Å². The molecule has 104 valence electrons. The van der Waals surface area contributed by atoms with Gasteiger partial charge in [-0.3, -0.25) is 4.90 Å². The van der Waals surface area contributed by atoms with Crippen LogP contribution < -0.4 is 0 Å². The van der Waals surface area contributed by atoms with Crippen molar-refractivity contribution >= 4 is 27.7 Å². The largest absolute Gasteiger partial charge is 0.298 e. The zero-order valence-electron chi connectivity index (χ0n) is 11.4. The first-order valence-electron chi connectivity index (χ1n) is 7.41. The molecule has 1 aromatic rings. The second kappa shape index (κ2) is 6.64. The summed E-state index contributed by atoms with van der Waals surface area (Å²) in [4.78, 5) is 4.25. The zero-order chi connectivity index (χ0) is 13.1. The fourth-order valence-electron chi connectivity index (χ4n) is 3.27. The second-order valence-electron chi connectivity index (χ2n) is 5.70. The number of hydrogen-bond donors (Lipinski definition) is 0. The molecule has 2 unspecified atom stereocenters. The molecular weight excluding hydrogens is 318 g/mol. The molecule has 2 aliphatic heterocycles. The van der Waals surface area contributed by atoms with Crippen LogP contribution >= 0.6 is 27.7 Å². The van der Waals surface area contributed by atoms with Crippen molar-refractivity contribution in [3.63, 3.8) is 0 Å². The average Bonchev–Trinajstić information content (AvgIpc) is 2.70. The number of thioether (sulfide) groups is 1. The maximum Gasteiger partial charge on any atom is 0.0263 e. The van der Waals surface area contributed by atoms with Gasteiger partial charge >= 0.3 is 0 Å². The van der Waals surface area contributed by atoms with Crippen molar-refractivity contribution in [3.8, 4) is 0 Å². The number of hydrogen-bond acceptors (Lipinski definition) is 2. The van der Waals surface area contributed by atoms with Crippen LogP contribution in [0.25, 0.3) is 0 Å². The summed E-state index contributed by atoms with van der Waals surface area (Å²) in [6, 6.07) is 9.68. The summed E-state index contributed by atoms with van der Waals surface area (Å²) in [5.41, 5.74) is 1.56. The van der Waals surface area contributed by atoms with E-state index in [9.17, 15) is 0 Å². The van der Waals surface area contributed by atoms with E-state index < -0.39 is 0 Å². The van der Waals surface area contributed by atoms with Crippen molar-refractivity contribution in [2.75, 3.05) is 18.4 Å². The van der Waals surface area contributed by atoms with Gasteiger partial charge in [-0.15, -0.1) is 11.8 Å². The van der Waals surface area contributed by atoms with Crippen molar-refractivity contribution in [2.24, 2.45) is 0 Å². The molecule has 0 radical (unpaired) electrons. The van der Waals surface area contributed by atoms with Crippen LogP contribution in [0.5, 0.6) is 0 Å². The highest BCUT2D eigenvalue weighted by molar-refractivity contribution is 9.09. The lowest BCUT2D eigenvalue weighted by Gasteiger charge is -2.30. The summed E-state index contributed by atoms with van der Waals surface area (Å²) < 4.78 is 0. The van der Waals surface area contributed by atoms with E-state index in [0.717, 1.165) is 16.6 Å². The number of rotatable bonds is 3. The number of fused-ring (bicyclic) bond motifs is 1. The van der Waals surface area contributed by atoms with Crippen molar-refractivity contribution < 1.29 is 0 Å². The molecule has 1 nitrogen and oxygen atoms in total. The second-order valence-corrected chi connectivity index (χ2v) is 7.69. The van der Waals surface area contributed by atoms with E-state index in [1.165, 1.54) is 50.1 Å². The summed E-state index contributed by atoms with van der Waals surface area (Å²) in [5.74, 6) is 0. The Bertz CT molecular complexity index is 398. The van der Waals surface area contributed by atoms with E-state index in [1.807, 2.05) is 0 Å². The van der Waals surface area contributed by atoms with E-state index in [4.69, 9.17) is 0 Å².